The maximum absolute atomic E-state index is 13.4. The van der Waals surface area contributed by atoms with Gasteiger partial charge in [0, 0.05) is 1.37 Å². The Kier molecular flexibility index (Phi) is 5.22. The predicted molar refractivity (Wildman–Crippen MR) is 93.4 cm³/mol. The van der Waals surface area contributed by atoms with Crippen molar-refractivity contribution in [1.82, 2.24) is 0 Å². The minimum absolute atomic E-state index is 0.191. The van der Waals surface area contributed by atoms with E-state index in [0.29, 0.717) is 0 Å². The number of ether oxygens (including phenoxy) is 2. The van der Waals surface area contributed by atoms with E-state index in [1.165, 1.54) is 14.2 Å². The molecule has 4 aliphatic carbocycles. The summed E-state index contributed by atoms with van der Waals surface area (Å²) in [5, 5.41) is 0. The summed E-state index contributed by atoms with van der Waals surface area (Å²) in [6, 6.07) is 0. The van der Waals surface area contributed by atoms with Crippen LogP contribution in [0.3, 0.4) is 0 Å². The van der Waals surface area contributed by atoms with Gasteiger partial charge in [-0.3, -0.25) is 14.2 Å². The third kappa shape index (κ3) is 2.85. The molecule has 0 unspecified atom stereocenters. The van der Waals surface area contributed by atoms with Crippen LogP contribution in [0.1, 0.15) is 21.6 Å². The smallest absolute Gasteiger partial charge is 0.334 e. The molecule has 4 aliphatic rings. The fraction of sp³-hybridized carbons (Fsp3) is 0.778. The number of rotatable bonds is 7. The van der Waals surface area contributed by atoms with E-state index in [4.69, 9.17) is 19.9 Å². The average molecular weight is 387 g/mol. The van der Waals surface area contributed by atoms with Crippen LogP contribution in [0, 0.1) is 35.5 Å². The number of allylic oxidation sites excluding steroid dienone is 2. The van der Waals surface area contributed by atoms with Gasteiger partial charge in [-0.15, -0.1) is 0 Å². The van der Waals surface area contributed by atoms with Crippen LogP contribution < -0.4 is 0 Å². The van der Waals surface area contributed by atoms with Crippen LogP contribution in [0.4, 0.5) is 0 Å². The van der Waals surface area contributed by atoms with Gasteiger partial charge in [-0.05, 0) is 43.9 Å². The Morgan fingerprint density at radius 2 is 1.54 bits per heavy atom. The van der Waals surface area contributed by atoms with Crippen molar-refractivity contribution >= 4 is 19.5 Å². The van der Waals surface area contributed by atoms with Crippen LogP contribution in [-0.4, -0.2) is 45.0 Å². The highest BCUT2D eigenvalue weighted by atomic mass is 31.2. The van der Waals surface area contributed by atoms with Crippen LogP contribution in [0.2, 0.25) is 0 Å². The molecular weight excluding hydrogens is 359 g/mol. The molecule has 0 aromatic heterocycles. The minimum atomic E-state index is -3.50. The van der Waals surface area contributed by atoms with Crippen molar-refractivity contribution in [2.75, 3.05) is 27.4 Å². The van der Waals surface area contributed by atoms with Crippen molar-refractivity contribution in [3.63, 3.8) is 0 Å². The van der Waals surface area contributed by atoms with Crippen molar-refractivity contribution in [2.24, 2.45) is 35.5 Å². The summed E-state index contributed by atoms with van der Waals surface area (Å²) in [5.41, 5.74) is -0.620. The summed E-state index contributed by atoms with van der Waals surface area (Å²) in [6.45, 7) is 3.90. The third-order valence-electron chi connectivity index (χ3n) is 5.85. The van der Waals surface area contributed by atoms with Gasteiger partial charge in [-0.2, -0.15) is 0 Å². The first-order valence-corrected chi connectivity index (χ1v) is 10.6. The van der Waals surface area contributed by atoms with E-state index in [9.17, 15) is 14.2 Å². The van der Waals surface area contributed by atoms with Crippen molar-refractivity contribution in [1.29, 1.82) is 0 Å². The molecule has 0 saturated heterocycles. The maximum Gasteiger partial charge on any atom is 0.334 e. The second-order valence-corrected chi connectivity index (χ2v) is 9.04. The Hall–Kier alpha value is -1.17. The van der Waals surface area contributed by atoms with Gasteiger partial charge in [0.25, 0.3) is 0 Å². The van der Waals surface area contributed by atoms with Crippen LogP contribution in [0.25, 0.3) is 0 Å². The molecule has 2 saturated carbocycles. The summed E-state index contributed by atoms with van der Waals surface area (Å²) in [7, 11) is -0.924. The first-order valence-electron chi connectivity index (χ1n) is 9.59. The topological polar surface area (TPSA) is 88.1 Å². The van der Waals surface area contributed by atoms with Gasteiger partial charge in [-0.1, -0.05) is 12.2 Å². The first kappa shape index (κ1) is 18.2. The molecular formula is C18H27O7P. The van der Waals surface area contributed by atoms with Crippen molar-refractivity contribution in [3.05, 3.63) is 12.2 Å². The fourth-order valence-corrected chi connectivity index (χ4v) is 7.28. The number of fused-ring (bicyclic) bond motifs is 1. The number of hydrogen-bond acceptors (Lipinski definition) is 7. The lowest BCUT2D eigenvalue weighted by Gasteiger charge is -2.61. The van der Waals surface area contributed by atoms with Crippen LogP contribution >= 0.6 is 7.60 Å². The fourth-order valence-electron chi connectivity index (χ4n) is 4.91. The second kappa shape index (κ2) is 7.45. The van der Waals surface area contributed by atoms with Crippen LogP contribution in [-0.2, 0) is 32.7 Å². The number of carbonyl (C=O) groups excluding carboxylic acids is 2. The van der Waals surface area contributed by atoms with Gasteiger partial charge in [0.15, 0.2) is 0 Å². The van der Waals surface area contributed by atoms with Gasteiger partial charge in [0.2, 0.25) is 0 Å². The average Bonchev–Trinajstić information content (AvgIpc) is 2.65. The van der Waals surface area contributed by atoms with Gasteiger partial charge >= 0.3 is 19.5 Å². The van der Waals surface area contributed by atoms with Crippen molar-refractivity contribution < 1.29 is 34.0 Å². The number of hydrogen-bond donors (Lipinski definition) is 0. The normalized spacial score (nSPS) is 41.0. The highest BCUT2D eigenvalue weighted by molar-refractivity contribution is 7.54. The molecule has 0 spiro atoms. The summed E-state index contributed by atoms with van der Waals surface area (Å²) >= 11 is 0. The van der Waals surface area contributed by atoms with E-state index in [2.05, 4.69) is 0 Å². The third-order valence-corrected chi connectivity index (χ3v) is 8.33. The van der Waals surface area contributed by atoms with E-state index < -0.39 is 43.4 Å². The van der Waals surface area contributed by atoms with Crippen molar-refractivity contribution in [2.45, 2.75) is 25.9 Å². The molecule has 0 aromatic carbocycles. The summed E-state index contributed by atoms with van der Waals surface area (Å²) < 4.78 is 42.9. The minimum Gasteiger partial charge on any atom is -0.469 e. The Balaban J connectivity index is 1.99. The molecule has 7 nitrogen and oxygen atoms in total. The van der Waals surface area contributed by atoms with E-state index in [1.54, 1.807) is 13.8 Å². The second-order valence-electron chi connectivity index (χ2n) is 6.85. The monoisotopic (exact) mass is 387 g/mol. The summed E-state index contributed by atoms with van der Waals surface area (Å²) in [4.78, 5) is 24.9. The van der Waals surface area contributed by atoms with E-state index in [1.807, 2.05) is 12.2 Å². The quantitative estimate of drug-likeness (QED) is 0.377. The molecule has 2 bridgehead atoms. The first-order chi connectivity index (χ1) is 12.9. The molecule has 0 radical (unpaired) electrons. The number of carbonyl (C=O) groups is 2. The SMILES string of the molecule is [2H][C@H]1[C@H]2[C@H]3C=C[C@H]([C@H](C(=O)OC)[C@@H]3C(=O)OC)[C@H]2[C@@H]1P(=O)(OCC)OCC. The molecule has 26 heavy (non-hydrogen) atoms. The van der Waals surface area contributed by atoms with E-state index in [-0.39, 0.29) is 36.9 Å². The molecule has 4 rings (SSSR count). The molecule has 0 aromatic rings. The predicted octanol–water partition coefficient (Wildman–Crippen LogP) is 2.65. The lowest BCUT2D eigenvalue weighted by molar-refractivity contribution is -0.174. The van der Waals surface area contributed by atoms with Crippen LogP contribution in [0.15, 0.2) is 12.2 Å². The van der Waals surface area contributed by atoms with Crippen LogP contribution in [0.5, 0.6) is 0 Å². The zero-order chi connectivity index (χ0) is 19.9. The Labute approximate surface area is 155 Å². The highest BCUT2D eigenvalue weighted by Crippen LogP contribution is 2.71. The van der Waals surface area contributed by atoms with Crippen molar-refractivity contribution in [3.8, 4) is 0 Å². The molecule has 0 amide bonds. The standard InChI is InChI=1S/C18H27O7P/c1-5-24-26(21,25-6-2)13-9-12-10-7-8-11(14(12)13)16(18(20)23-4)15(10)17(19)22-3/h7-8,10-16H,5-6,9H2,1-4H3/t10-,11+,12+,13-,14-,15-,16+/m1/s1/i9D/t9-,10+,11-,12-,13+,14+,15+,16-/m0. The number of methoxy groups -OCH3 is 2. The van der Waals surface area contributed by atoms with Gasteiger partial charge in [0.1, 0.15) is 0 Å². The molecule has 0 aliphatic heterocycles. The molecule has 0 N–H and O–H groups in total. The Bertz CT molecular complexity index is 671. The summed E-state index contributed by atoms with van der Waals surface area (Å²) in [5.74, 6) is -3.48. The lowest BCUT2D eigenvalue weighted by atomic mass is 9.46. The highest BCUT2D eigenvalue weighted by Gasteiger charge is 2.66. The Morgan fingerprint density at radius 3 is 2.04 bits per heavy atom. The zero-order valence-corrected chi connectivity index (χ0v) is 16.4. The summed E-state index contributed by atoms with van der Waals surface area (Å²) in [6.07, 6.45) is 3.10. The van der Waals surface area contributed by atoms with Gasteiger partial charge in [0.05, 0.1) is 44.9 Å². The molecule has 146 valence electrons. The van der Waals surface area contributed by atoms with E-state index >= 15 is 0 Å². The number of esters is 2. The van der Waals surface area contributed by atoms with Gasteiger partial charge < -0.3 is 18.5 Å². The largest absolute Gasteiger partial charge is 0.469 e. The molecule has 8 atom stereocenters. The maximum atomic E-state index is 13.4. The van der Waals surface area contributed by atoms with Gasteiger partial charge in [-0.25, -0.2) is 0 Å². The molecule has 8 heteroatoms. The lowest BCUT2D eigenvalue weighted by Crippen LogP contribution is -2.62. The van der Waals surface area contributed by atoms with E-state index in [0.717, 1.165) is 0 Å². The molecule has 0 heterocycles. The zero-order valence-electron chi connectivity index (χ0n) is 16.5. The Morgan fingerprint density at radius 1 is 1.04 bits per heavy atom. The molecule has 2 fully saturated rings.